The van der Waals surface area contributed by atoms with Crippen LogP contribution in [-0.4, -0.2) is 10.1 Å². The van der Waals surface area contributed by atoms with Gasteiger partial charge in [-0.15, -0.1) is 0 Å². The maximum atomic E-state index is 11.4. The number of Topliss-reactive ketones (excluding diaryl/α,β-unsaturated/α-hetero) is 1. The molecule has 0 aromatic heterocycles. The van der Waals surface area contributed by atoms with Crippen molar-refractivity contribution in [2.45, 2.75) is 23.1 Å². The van der Waals surface area contributed by atoms with Gasteiger partial charge in [-0.2, -0.15) is 0 Å². The average molecular weight is 305 g/mol. The first-order chi connectivity index (χ1) is 9.57. The van der Waals surface area contributed by atoms with Crippen LogP contribution in [0.1, 0.15) is 29.0 Å². The molecule has 1 saturated carbocycles. The molecule has 1 unspecified atom stereocenters. The van der Waals surface area contributed by atoms with E-state index in [0.717, 1.165) is 12.0 Å². The van der Waals surface area contributed by atoms with E-state index in [9.17, 15) is 4.79 Å². The van der Waals surface area contributed by atoms with Gasteiger partial charge >= 0.3 is 0 Å². The third-order valence-electron chi connectivity index (χ3n) is 3.83. The molecule has 0 amide bonds. The van der Waals surface area contributed by atoms with Gasteiger partial charge in [-0.05, 0) is 23.1 Å². The van der Waals surface area contributed by atoms with Gasteiger partial charge < -0.3 is 0 Å². The second-order valence-electron chi connectivity index (χ2n) is 5.21. The van der Waals surface area contributed by atoms with Gasteiger partial charge in [-0.1, -0.05) is 77.8 Å². The summed E-state index contributed by atoms with van der Waals surface area (Å²) < 4.78 is -1.24. The van der Waals surface area contributed by atoms with Crippen LogP contribution in [0.4, 0.5) is 0 Å². The first kappa shape index (κ1) is 13.7. The second kappa shape index (κ2) is 5.23. The van der Waals surface area contributed by atoms with Crippen LogP contribution in [0.2, 0.25) is 0 Å². The van der Waals surface area contributed by atoms with Gasteiger partial charge in [-0.3, -0.25) is 4.79 Å². The van der Waals surface area contributed by atoms with E-state index in [4.69, 9.17) is 23.2 Å². The molecule has 2 aromatic rings. The molecular formula is C17H14Cl2O. The smallest absolute Gasteiger partial charge is 0.183 e. The van der Waals surface area contributed by atoms with E-state index in [1.165, 1.54) is 11.1 Å². The normalized spacial score (nSPS) is 20.5. The molecule has 0 N–H and O–H groups in total. The van der Waals surface area contributed by atoms with Gasteiger partial charge in [0.15, 0.2) is 10.1 Å². The molecule has 3 rings (SSSR count). The Morgan fingerprint density at radius 1 is 0.950 bits per heavy atom. The number of halogens is 2. The Kier molecular flexibility index (Phi) is 3.57. The monoisotopic (exact) mass is 304 g/mol. The maximum absolute atomic E-state index is 11.4. The van der Waals surface area contributed by atoms with Gasteiger partial charge in [0.2, 0.25) is 0 Å². The number of rotatable bonds is 3. The number of alkyl halides is 2. The molecule has 1 aliphatic rings. The summed E-state index contributed by atoms with van der Waals surface area (Å²) in [6, 6.07) is 18.5. The molecule has 0 saturated heterocycles. The fourth-order valence-electron chi connectivity index (χ4n) is 2.54. The Morgan fingerprint density at radius 2 is 1.55 bits per heavy atom. The lowest BCUT2D eigenvalue weighted by molar-refractivity contribution is -0.125. The zero-order valence-electron chi connectivity index (χ0n) is 10.9. The molecule has 1 fully saturated rings. The zero-order chi connectivity index (χ0) is 14.2. The second-order valence-corrected chi connectivity index (χ2v) is 6.59. The fraction of sp³-hybridized carbons (Fsp3) is 0.235. The molecule has 1 nitrogen and oxygen atoms in total. The lowest BCUT2D eigenvalue weighted by Crippen LogP contribution is -2.45. The third kappa shape index (κ3) is 2.48. The van der Waals surface area contributed by atoms with Crippen LogP contribution in [0.5, 0.6) is 0 Å². The molecule has 2 aromatic carbocycles. The first-order valence-corrected chi connectivity index (χ1v) is 7.37. The molecule has 102 valence electrons. The van der Waals surface area contributed by atoms with Crippen LogP contribution >= 0.6 is 23.2 Å². The maximum Gasteiger partial charge on any atom is 0.183 e. The van der Waals surface area contributed by atoms with Crippen LogP contribution in [0.15, 0.2) is 54.6 Å². The van der Waals surface area contributed by atoms with Crippen molar-refractivity contribution in [3.8, 4) is 0 Å². The quantitative estimate of drug-likeness (QED) is 0.763. The average Bonchev–Trinajstić information content (AvgIpc) is 2.47. The predicted octanol–water partition coefficient (Wildman–Crippen LogP) is 4.51. The summed E-state index contributed by atoms with van der Waals surface area (Å²) in [4.78, 5) is 11.4. The Bertz CT molecular complexity index is 617. The van der Waals surface area contributed by atoms with Crippen LogP contribution in [0.3, 0.4) is 0 Å². The Morgan fingerprint density at radius 3 is 2.10 bits per heavy atom. The molecule has 1 atom stereocenters. The lowest BCUT2D eigenvalue weighted by atomic mass is 9.77. The van der Waals surface area contributed by atoms with Crippen molar-refractivity contribution < 1.29 is 4.79 Å². The summed E-state index contributed by atoms with van der Waals surface area (Å²) in [5.74, 6) is -0.164. The van der Waals surface area contributed by atoms with E-state index in [0.29, 0.717) is 6.42 Å². The first-order valence-electron chi connectivity index (χ1n) is 6.61. The summed E-state index contributed by atoms with van der Waals surface area (Å²) in [7, 11) is 0. The highest BCUT2D eigenvalue weighted by molar-refractivity contribution is 6.61. The number of hydrogen-bond donors (Lipinski definition) is 0. The van der Waals surface area contributed by atoms with Crippen molar-refractivity contribution in [1.29, 1.82) is 0 Å². The van der Waals surface area contributed by atoms with Crippen LogP contribution in [0, 0.1) is 0 Å². The molecule has 0 aliphatic heterocycles. The van der Waals surface area contributed by atoms with Crippen LogP contribution in [-0.2, 0) is 11.2 Å². The Hall–Kier alpha value is -1.31. The van der Waals surface area contributed by atoms with E-state index in [1.54, 1.807) is 0 Å². The fourth-order valence-corrected chi connectivity index (χ4v) is 3.10. The van der Waals surface area contributed by atoms with Gasteiger partial charge in [0.05, 0.1) is 0 Å². The molecule has 0 bridgehead atoms. The van der Waals surface area contributed by atoms with Gasteiger partial charge in [-0.25, -0.2) is 0 Å². The summed E-state index contributed by atoms with van der Waals surface area (Å²) in [5, 5.41) is 0. The van der Waals surface area contributed by atoms with E-state index in [-0.39, 0.29) is 11.7 Å². The molecule has 1 aliphatic carbocycles. The lowest BCUT2D eigenvalue weighted by Gasteiger charge is -2.38. The summed E-state index contributed by atoms with van der Waals surface area (Å²) in [6.07, 6.45) is 1.34. The molecular weight excluding hydrogens is 291 g/mol. The molecule has 3 heteroatoms. The van der Waals surface area contributed by atoms with Crippen molar-refractivity contribution >= 4 is 29.0 Å². The minimum absolute atomic E-state index is 0.0795. The molecule has 0 heterocycles. The molecule has 20 heavy (non-hydrogen) atoms. The number of benzene rings is 2. The number of hydrogen-bond acceptors (Lipinski definition) is 1. The van der Waals surface area contributed by atoms with E-state index < -0.39 is 4.33 Å². The summed E-state index contributed by atoms with van der Waals surface area (Å²) in [6.45, 7) is 0. The van der Waals surface area contributed by atoms with Gasteiger partial charge in [0.25, 0.3) is 0 Å². The van der Waals surface area contributed by atoms with Crippen molar-refractivity contribution in [2.75, 3.05) is 0 Å². The van der Waals surface area contributed by atoms with E-state index >= 15 is 0 Å². The highest BCUT2D eigenvalue weighted by Crippen LogP contribution is 2.50. The SMILES string of the molecule is O=C1CC(c2ccc(Cc3ccccc3)cc2)C1(Cl)Cl. The number of carbonyl (C=O) groups is 1. The summed E-state index contributed by atoms with van der Waals surface area (Å²) >= 11 is 12.1. The van der Waals surface area contributed by atoms with Gasteiger partial charge in [0, 0.05) is 12.3 Å². The number of ketones is 1. The van der Waals surface area contributed by atoms with E-state index in [1.807, 2.05) is 30.3 Å². The van der Waals surface area contributed by atoms with Gasteiger partial charge in [0.1, 0.15) is 0 Å². The van der Waals surface area contributed by atoms with Crippen molar-refractivity contribution in [1.82, 2.24) is 0 Å². The largest absolute Gasteiger partial charge is 0.296 e. The van der Waals surface area contributed by atoms with Crippen LogP contribution in [0.25, 0.3) is 0 Å². The predicted molar refractivity (Wildman–Crippen MR) is 82.5 cm³/mol. The van der Waals surface area contributed by atoms with E-state index in [2.05, 4.69) is 24.3 Å². The molecule has 0 radical (unpaired) electrons. The van der Waals surface area contributed by atoms with Crippen LogP contribution < -0.4 is 0 Å². The zero-order valence-corrected chi connectivity index (χ0v) is 12.4. The van der Waals surface area contributed by atoms with Crippen molar-refractivity contribution in [3.05, 3.63) is 71.3 Å². The summed E-state index contributed by atoms with van der Waals surface area (Å²) in [5.41, 5.74) is 3.55. The minimum atomic E-state index is -1.24. The Labute approximate surface area is 128 Å². The minimum Gasteiger partial charge on any atom is -0.296 e. The standard InChI is InChI=1S/C17H14Cl2O/c18-17(19)15(11-16(17)20)14-8-6-13(7-9-14)10-12-4-2-1-3-5-12/h1-9,15H,10-11H2. The third-order valence-corrected chi connectivity index (χ3v) is 4.78. The highest BCUT2D eigenvalue weighted by Gasteiger charge is 2.53. The molecule has 0 spiro atoms. The highest BCUT2D eigenvalue weighted by atomic mass is 35.5. The Balaban J connectivity index is 1.74. The number of carbonyl (C=O) groups excluding carboxylic acids is 1. The van der Waals surface area contributed by atoms with Crippen molar-refractivity contribution in [3.63, 3.8) is 0 Å². The topological polar surface area (TPSA) is 17.1 Å². The van der Waals surface area contributed by atoms with Crippen molar-refractivity contribution in [2.24, 2.45) is 0 Å².